The van der Waals surface area contributed by atoms with Crippen LogP contribution in [0, 0.1) is 5.41 Å². The van der Waals surface area contributed by atoms with Gasteiger partial charge in [-0.05, 0) is 23.8 Å². The smallest absolute Gasteiger partial charge is 0.370 e. The maximum atomic E-state index is 12.9. The van der Waals surface area contributed by atoms with Crippen LogP contribution in [-0.4, -0.2) is 36.3 Å². The van der Waals surface area contributed by atoms with Gasteiger partial charge in [0.15, 0.2) is 0 Å². The lowest BCUT2D eigenvalue weighted by Gasteiger charge is -2.18. The van der Waals surface area contributed by atoms with Gasteiger partial charge >= 0.3 is 6.18 Å². The third-order valence-corrected chi connectivity index (χ3v) is 4.46. The zero-order valence-corrected chi connectivity index (χ0v) is 14.8. The Labute approximate surface area is 152 Å². The summed E-state index contributed by atoms with van der Waals surface area (Å²) in [5, 5.41) is 7.74. The molecule has 1 aromatic carbocycles. The molecule has 2 rings (SSSR count). The van der Waals surface area contributed by atoms with Gasteiger partial charge in [0.1, 0.15) is 0 Å². The largest absolute Gasteiger partial charge is 0.416 e. The van der Waals surface area contributed by atoms with E-state index in [0.717, 1.165) is 30.7 Å². The Morgan fingerprint density at radius 1 is 1.30 bits per heavy atom. The second-order valence-corrected chi connectivity index (χ2v) is 7.66. The van der Waals surface area contributed by atoms with Gasteiger partial charge in [-0.3, -0.25) is 4.79 Å². The predicted octanol–water partition coefficient (Wildman–Crippen LogP) is 1.93. The molecule has 0 bridgehead atoms. The fraction of sp³-hybridized carbons (Fsp3) is 0.250. The molecule has 1 amide bonds. The molecule has 0 fully saturated rings. The number of hydrogen-bond donors (Lipinski definition) is 2. The van der Waals surface area contributed by atoms with E-state index in [4.69, 9.17) is 11.1 Å². The first-order valence-electron chi connectivity index (χ1n) is 7.47. The highest BCUT2D eigenvalue weighted by Crippen LogP contribution is 2.31. The Kier molecular flexibility index (Phi) is 5.64. The highest BCUT2D eigenvalue weighted by molar-refractivity contribution is 7.90. The van der Waals surface area contributed by atoms with Crippen molar-refractivity contribution in [2.75, 3.05) is 6.26 Å². The van der Waals surface area contributed by atoms with Crippen molar-refractivity contribution < 1.29 is 26.4 Å². The fourth-order valence-corrected chi connectivity index (χ4v) is 2.87. The molecule has 0 radical (unpaired) electrons. The van der Waals surface area contributed by atoms with E-state index in [0.29, 0.717) is 0 Å². The number of carbonyl (C=O) groups is 1. The number of primary amides is 1. The van der Waals surface area contributed by atoms with Gasteiger partial charge in [0.25, 0.3) is 0 Å². The number of benzene rings is 1. The number of sulfone groups is 1. The first kappa shape index (κ1) is 20.5. The molecule has 0 aliphatic carbocycles. The van der Waals surface area contributed by atoms with Crippen molar-refractivity contribution in [3.8, 4) is 0 Å². The van der Waals surface area contributed by atoms with Crippen LogP contribution in [-0.2, 0) is 20.8 Å². The zero-order chi connectivity index (χ0) is 20.4. The summed E-state index contributed by atoms with van der Waals surface area (Å²) in [5.41, 5.74) is 3.79. The first-order valence-corrected chi connectivity index (χ1v) is 9.36. The van der Waals surface area contributed by atoms with Crippen LogP contribution in [0.4, 0.5) is 13.2 Å². The first-order chi connectivity index (χ1) is 12.4. The Morgan fingerprint density at radius 3 is 2.52 bits per heavy atom. The highest BCUT2D eigenvalue weighted by atomic mass is 32.2. The van der Waals surface area contributed by atoms with E-state index < -0.39 is 45.0 Å². The highest BCUT2D eigenvalue weighted by Gasteiger charge is 2.31. The topological polar surface area (TPSA) is 127 Å². The molecule has 0 saturated carbocycles. The van der Waals surface area contributed by atoms with Crippen LogP contribution in [0.1, 0.15) is 29.2 Å². The van der Waals surface area contributed by atoms with Gasteiger partial charge in [-0.15, -0.1) is 0 Å². The van der Waals surface area contributed by atoms with Crippen LogP contribution in [0.2, 0.25) is 0 Å². The monoisotopic (exact) mass is 400 g/mol. The number of nitrogens with one attached hydrogen (secondary N) is 1. The van der Waals surface area contributed by atoms with Crippen LogP contribution in [0.25, 0.3) is 0 Å². The van der Waals surface area contributed by atoms with Gasteiger partial charge < -0.3 is 11.1 Å². The SMILES string of the molecule is CS(=O)(=O)c1nccc(C(CC(N)=O)C(=N)c2cccc(C(F)(F)F)c2)n1. The minimum absolute atomic E-state index is 0.00774. The molecule has 27 heavy (non-hydrogen) atoms. The lowest BCUT2D eigenvalue weighted by Crippen LogP contribution is -2.23. The molecule has 1 aromatic heterocycles. The van der Waals surface area contributed by atoms with Crippen molar-refractivity contribution in [2.45, 2.75) is 23.7 Å². The Hall–Kier alpha value is -2.82. The summed E-state index contributed by atoms with van der Waals surface area (Å²) in [6.07, 6.45) is -3.03. The second kappa shape index (κ2) is 7.43. The molecule has 2 aromatic rings. The molecule has 1 atom stereocenters. The number of nitrogens with zero attached hydrogens (tertiary/aromatic N) is 2. The zero-order valence-electron chi connectivity index (χ0n) is 14.0. The summed E-state index contributed by atoms with van der Waals surface area (Å²) in [7, 11) is -3.76. The number of nitrogens with two attached hydrogens (primary N) is 1. The van der Waals surface area contributed by atoms with Crippen LogP contribution in [0.5, 0.6) is 0 Å². The molecule has 0 aliphatic heterocycles. The fourth-order valence-electron chi connectivity index (χ4n) is 2.35. The van der Waals surface area contributed by atoms with Gasteiger partial charge in [0, 0.05) is 24.6 Å². The van der Waals surface area contributed by atoms with E-state index >= 15 is 0 Å². The van der Waals surface area contributed by atoms with Gasteiger partial charge in [-0.1, -0.05) is 12.1 Å². The van der Waals surface area contributed by atoms with E-state index in [1.165, 1.54) is 12.1 Å². The van der Waals surface area contributed by atoms with Crippen LogP contribution in [0.3, 0.4) is 0 Å². The van der Waals surface area contributed by atoms with Crippen LogP contribution >= 0.6 is 0 Å². The Morgan fingerprint density at radius 2 is 1.96 bits per heavy atom. The minimum Gasteiger partial charge on any atom is -0.370 e. The number of carbonyl (C=O) groups excluding carboxylic acids is 1. The van der Waals surface area contributed by atoms with Gasteiger partial charge in [-0.25, -0.2) is 18.4 Å². The van der Waals surface area contributed by atoms with Crippen molar-refractivity contribution in [1.29, 1.82) is 5.41 Å². The predicted molar refractivity (Wildman–Crippen MR) is 90.0 cm³/mol. The number of hydrogen-bond acceptors (Lipinski definition) is 6. The Bertz CT molecular complexity index is 990. The maximum absolute atomic E-state index is 12.9. The average molecular weight is 400 g/mol. The van der Waals surface area contributed by atoms with E-state index in [9.17, 15) is 26.4 Å². The number of aromatic nitrogens is 2. The third-order valence-electron chi connectivity index (χ3n) is 3.60. The molecule has 0 aliphatic rings. The maximum Gasteiger partial charge on any atom is 0.416 e. The van der Waals surface area contributed by atoms with Crippen molar-refractivity contribution in [1.82, 2.24) is 9.97 Å². The molecule has 1 unspecified atom stereocenters. The molecular formula is C16H15F3N4O3S. The Balaban J connectivity index is 2.52. The van der Waals surface area contributed by atoms with Crippen molar-refractivity contribution in [3.63, 3.8) is 0 Å². The normalized spacial score (nSPS) is 13.2. The summed E-state index contributed by atoms with van der Waals surface area (Å²) < 4.78 is 62.0. The standard InChI is InChI=1S/C16H15F3N4O3S/c1-27(25,26)15-22-6-5-12(23-15)11(8-13(20)24)14(21)9-3-2-4-10(7-9)16(17,18)19/h2-7,11,21H,8H2,1H3,(H2,20,24). The van der Waals surface area contributed by atoms with E-state index in [1.807, 2.05) is 0 Å². The van der Waals surface area contributed by atoms with Crippen molar-refractivity contribution in [3.05, 3.63) is 53.3 Å². The summed E-state index contributed by atoms with van der Waals surface area (Å²) in [4.78, 5) is 18.9. The molecular weight excluding hydrogens is 385 g/mol. The molecule has 144 valence electrons. The molecule has 3 N–H and O–H groups in total. The van der Waals surface area contributed by atoms with Gasteiger partial charge in [0.2, 0.25) is 20.9 Å². The van der Waals surface area contributed by atoms with E-state index in [1.54, 1.807) is 0 Å². The average Bonchev–Trinajstić information content (AvgIpc) is 2.57. The number of alkyl halides is 3. The molecule has 11 heteroatoms. The number of rotatable bonds is 6. The van der Waals surface area contributed by atoms with Crippen molar-refractivity contribution in [2.24, 2.45) is 5.73 Å². The molecule has 7 nitrogen and oxygen atoms in total. The van der Waals surface area contributed by atoms with Crippen LogP contribution < -0.4 is 5.73 Å². The number of amides is 1. The molecule has 1 heterocycles. The van der Waals surface area contributed by atoms with E-state index in [2.05, 4.69) is 9.97 Å². The minimum atomic E-state index is -4.60. The summed E-state index contributed by atoms with van der Waals surface area (Å²) >= 11 is 0. The lowest BCUT2D eigenvalue weighted by molar-refractivity contribution is -0.137. The number of halogens is 3. The van der Waals surface area contributed by atoms with E-state index in [-0.39, 0.29) is 17.0 Å². The van der Waals surface area contributed by atoms with Gasteiger partial charge in [0.05, 0.1) is 17.2 Å². The quantitative estimate of drug-likeness (QED) is 0.566. The molecule has 0 saturated heterocycles. The van der Waals surface area contributed by atoms with Crippen LogP contribution in [0.15, 0.2) is 41.7 Å². The van der Waals surface area contributed by atoms with Gasteiger partial charge in [-0.2, -0.15) is 13.2 Å². The summed E-state index contributed by atoms with van der Waals surface area (Å²) in [6.45, 7) is 0. The third kappa shape index (κ3) is 5.09. The summed E-state index contributed by atoms with van der Waals surface area (Å²) in [6, 6.07) is 5.33. The molecule has 0 spiro atoms. The summed E-state index contributed by atoms with van der Waals surface area (Å²) in [5.74, 6) is -1.95. The lowest BCUT2D eigenvalue weighted by atomic mass is 9.89. The second-order valence-electron chi connectivity index (χ2n) is 5.75. The van der Waals surface area contributed by atoms with Crippen molar-refractivity contribution >= 4 is 21.5 Å².